The van der Waals surface area contributed by atoms with Crippen LogP contribution in [0.5, 0.6) is 5.88 Å². The van der Waals surface area contributed by atoms with Crippen LogP contribution in [0, 0.1) is 6.92 Å². The van der Waals surface area contributed by atoms with Gasteiger partial charge in [-0.15, -0.1) is 0 Å². The predicted molar refractivity (Wildman–Crippen MR) is 87.3 cm³/mol. The normalized spacial score (nSPS) is 10.2. The Morgan fingerprint density at radius 2 is 1.96 bits per heavy atom. The van der Waals surface area contributed by atoms with Gasteiger partial charge >= 0.3 is 12.0 Å². The van der Waals surface area contributed by atoms with E-state index in [1.807, 2.05) is 31.2 Å². The van der Waals surface area contributed by atoms with Gasteiger partial charge in [0.25, 0.3) is 0 Å². The minimum atomic E-state index is -1.20. The lowest BCUT2D eigenvalue weighted by atomic mass is 10.2. The van der Waals surface area contributed by atoms with E-state index in [0.29, 0.717) is 0 Å². The lowest BCUT2D eigenvalue weighted by Crippen LogP contribution is -2.27. The van der Waals surface area contributed by atoms with Crippen molar-refractivity contribution in [1.29, 1.82) is 0 Å². The highest BCUT2D eigenvalue weighted by molar-refractivity contribution is 7.11. The molecule has 23 heavy (non-hydrogen) atoms. The van der Waals surface area contributed by atoms with Gasteiger partial charge in [-0.2, -0.15) is 4.37 Å². The number of nitrogens with zero attached hydrogens (tertiary/aromatic N) is 2. The standard InChI is InChI=1S/C15H17N3O4S/c1-9-4-6-10(7-5-9)8-22-12-11(14(19)20)13(23-17-12)16-15(21)18(2)3/h4-7H,8H2,1-3H3,(H,16,21)(H,19,20). The van der Waals surface area contributed by atoms with E-state index >= 15 is 0 Å². The molecule has 0 fully saturated rings. The summed E-state index contributed by atoms with van der Waals surface area (Å²) in [5, 5.41) is 12.0. The molecule has 0 saturated heterocycles. The summed E-state index contributed by atoms with van der Waals surface area (Å²) in [7, 11) is 3.12. The second-order valence-electron chi connectivity index (χ2n) is 5.10. The van der Waals surface area contributed by atoms with Crippen molar-refractivity contribution in [3.05, 3.63) is 41.0 Å². The number of urea groups is 1. The van der Waals surface area contributed by atoms with Gasteiger partial charge in [0.1, 0.15) is 11.6 Å². The molecule has 0 unspecified atom stereocenters. The van der Waals surface area contributed by atoms with E-state index in [1.54, 1.807) is 14.1 Å². The molecule has 8 heteroatoms. The lowest BCUT2D eigenvalue weighted by molar-refractivity contribution is 0.0693. The molecule has 0 aliphatic carbocycles. The molecule has 1 heterocycles. The van der Waals surface area contributed by atoms with Crippen LogP contribution in [-0.4, -0.2) is 40.5 Å². The number of carbonyl (C=O) groups excluding carboxylic acids is 1. The minimum Gasteiger partial charge on any atom is -0.477 e. The Bertz CT molecular complexity index is 710. The molecule has 0 saturated carbocycles. The fourth-order valence-corrected chi connectivity index (χ4v) is 2.41. The molecular weight excluding hydrogens is 318 g/mol. The average molecular weight is 335 g/mol. The maximum absolute atomic E-state index is 11.7. The smallest absolute Gasteiger partial charge is 0.344 e. The first-order valence-electron chi connectivity index (χ1n) is 6.78. The Morgan fingerprint density at radius 1 is 1.30 bits per heavy atom. The molecule has 0 radical (unpaired) electrons. The maximum Gasteiger partial charge on any atom is 0.344 e. The second kappa shape index (κ2) is 7.10. The Balaban J connectivity index is 2.15. The third-order valence-electron chi connectivity index (χ3n) is 3.00. The molecule has 0 bridgehead atoms. The summed E-state index contributed by atoms with van der Waals surface area (Å²) in [6.07, 6.45) is 0. The fourth-order valence-electron chi connectivity index (χ4n) is 1.69. The van der Waals surface area contributed by atoms with Gasteiger partial charge in [0, 0.05) is 14.1 Å². The third-order valence-corrected chi connectivity index (χ3v) is 3.74. The zero-order chi connectivity index (χ0) is 17.0. The van der Waals surface area contributed by atoms with E-state index in [9.17, 15) is 14.7 Å². The number of hydrogen-bond acceptors (Lipinski definition) is 5. The summed E-state index contributed by atoms with van der Waals surface area (Å²) in [6.45, 7) is 2.18. The number of amides is 2. The van der Waals surface area contributed by atoms with Crippen LogP contribution in [-0.2, 0) is 6.61 Å². The number of anilines is 1. The van der Waals surface area contributed by atoms with Crippen molar-refractivity contribution in [3.63, 3.8) is 0 Å². The molecule has 1 aromatic carbocycles. The van der Waals surface area contributed by atoms with Gasteiger partial charge in [-0.05, 0) is 24.0 Å². The van der Waals surface area contributed by atoms with E-state index in [0.717, 1.165) is 22.7 Å². The highest BCUT2D eigenvalue weighted by Gasteiger charge is 2.23. The first kappa shape index (κ1) is 16.8. The fraction of sp³-hybridized carbons (Fsp3) is 0.267. The van der Waals surface area contributed by atoms with Crippen LogP contribution in [0.1, 0.15) is 21.5 Å². The van der Waals surface area contributed by atoms with Crippen molar-refractivity contribution in [1.82, 2.24) is 9.27 Å². The van der Waals surface area contributed by atoms with E-state index in [-0.39, 0.29) is 23.1 Å². The topological polar surface area (TPSA) is 91.8 Å². The number of ether oxygens (including phenoxy) is 1. The van der Waals surface area contributed by atoms with E-state index in [2.05, 4.69) is 9.69 Å². The van der Waals surface area contributed by atoms with Crippen LogP contribution >= 0.6 is 11.5 Å². The monoisotopic (exact) mass is 335 g/mol. The van der Waals surface area contributed by atoms with E-state index in [1.165, 1.54) is 4.90 Å². The molecule has 2 N–H and O–H groups in total. The van der Waals surface area contributed by atoms with Crippen molar-refractivity contribution < 1.29 is 19.4 Å². The van der Waals surface area contributed by atoms with Crippen LogP contribution in [0.2, 0.25) is 0 Å². The van der Waals surface area contributed by atoms with E-state index in [4.69, 9.17) is 4.74 Å². The number of carboxylic acid groups (broad SMARTS) is 1. The van der Waals surface area contributed by atoms with Gasteiger partial charge in [-0.1, -0.05) is 29.8 Å². The summed E-state index contributed by atoms with van der Waals surface area (Å²) in [5.74, 6) is -1.20. The number of aromatic carboxylic acids is 1. The lowest BCUT2D eigenvalue weighted by Gasteiger charge is -2.11. The van der Waals surface area contributed by atoms with Crippen molar-refractivity contribution in [2.75, 3.05) is 19.4 Å². The number of benzene rings is 1. The van der Waals surface area contributed by atoms with Crippen LogP contribution < -0.4 is 10.1 Å². The zero-order valence-corrected chi connectivity index (χ0v) is 13.8. The van der Waals surface area contributed by atoms with Crippen molar-refractivity contribution >= 4 is 28.5 Å². The molecule has 7 nitrogen and oxygen atoms in total. The highest BCUT2D eigenvalue weighted by atomic mass is 32.1. The number of nitrogens with one attached hydrogen (secondary N) is 1. The van der Waals surface area contributed by atoms with Crippen molar-refractivity contribution in [3.8, 4) is 5.88 Å². The molecule has 0 atom stereocenters. The summed E-state index contributed by atoms with van der Waals surface area (Å²) >= 11 is 0.873. The predicted octanol–water partition coefficient (Wildman–Crippen LogP) is 2.82. The molecule has 0 aliphatic rings. The Labute approximate surface area is 137 Å². The Hall–Kier alpha value is -2.61. The van der Waals surface area contributed by atoms with Gasteiger partial charge in [0.15, 0.2) is 5.56 Å². The summed E-state index contributed by atoms with van der Waals surface area (Å²) in [4.78, 5) is 24.4. The number of rotatable bonds is 5. The first-order chi connectivity index (χ1) is 10.9. The molecular formula is C15H17N3O4S. The molecule has 122 valence electrons. The molecule has 1 aromatic heterocycles. The second-order valence-corrected chi connectivity index (χ2v) is 5.87. The summed E-state index contributed by atoms with van der Waals surface area (Å²) < 4.78 is 9.49. The number of carbonyl (C=O) groups is 2. The van der Waals surface area contributed by atoms with Gasteiger partial charge in [-0.3, -0.25) is 5.32 Å². The average Bonchev–Trinajstić information content (AvgIpc) is 2.89. The van der Waals surface area contributed by atoms with Gasteiger partial charge < -0.3 is 14.7 Å². The van der Waals surface area contributed by atoms with Gasteiger partial charge in [0.05, 0.1) is 0 Å². The van der Waals surface area contributed by atoms with Gasteiger partial charge in [0.2, 0.25) is 5.88 Å². The largest absolute Gasteiger partial charge is 0.477 e. The number of aryl methyl sites for hydroxylation is 1. The summed E-state index contributed by atoms with van der Waals surface area (Å²) in [6, 6.07) is 7.26. The van der Waals surface area contributed by atoms with Crippen LogP contribution in [0.3, 0.4) is 0 Å². The number of hydrogen-bond donors (Lipinski definition) is 2. The van der Waals surface area contributed by atoms with Crippen LogP contribution in [0.25, 0.3) is 0 Å². The summed E-state index contributed by atoms with van der Waals surface area (Å²) in [5.41, 5.74) is 1.89. The molecule has 2 aromatic rings. The van der Waals surface area contributed by atoms with Crippen LogP contribution in [0.15, 0.2) is 24.3 Å². The van der Waals surface area contributed by atoms with Crippen molar-refractivity contribution in [2.45, 2.75) is 13.5 Å². The number of aromatic nitrogens is 1. The quantitative estimate of drug-likeness (QED) is 0.876. The Morgan fingerprint density at radius 3 is 2.52 bits per heavy atom. The molecule has 2 rings (SSSR count). The minimum absolute atomic E-state index is 0.00266. The Kier molecular flexibility index (Phi) is 5.17. The number of carboxylic acids is 1. The third kappa shape index (κ3) is 4.19. The molecule has 2 amide bonds. The van der Waals surface area contributed by atoms with Crippen molar-refractivity contribution in [2.24, 2.45) is 0 Å². The van der Waals surface area contributed by atoms with E-state index < -0.39 is 12.0 Å². The molecule has 0 aliphatic heterocycles. The van der Waals surface area contributed by atoms with Gasteiger partial charge in [-0.25, -0.2) is 9.59 Å². The first-order valence-corrected chi connectivity index (χ1v) is 7.55. The molecule has 0 spiro atoms. The van der Waals surface area contributed by atoms with Crippen LogP contribution in [0.4, 0.5) is 9.80 Å². The zero-order valence-electron chi connectivity index (χ0n) is 13.0. The maximum atomic E-state index is 11.7. The SMILES string of the molecule is Cc1ccc(COc2nsc(NC(=O)N(C)C)c2C(=O)O)cc1. The highest BCUT2D eigenvalue weighted by Crippen LogP contribution is 2.31.